The number of nitrogens with zero attached hydrogens (tertiary/aromatic N) is 1. The van der Waals surface area contributed by atoms with E-state index in [4.69, 9.17) is 4.74 Å². The van der Waals surface area contributed by atoms with Crippen LogP contribution in [0.5, 0.6) is 5.75 Å². The maximum atomic E-state index is 13.6. The summed E-state index contributed by atoms with van der Waals surface area (Å²) < 4.78 is 33.6. The molecule has 0 N–H and O–H groups in total. The summed E-state index contributed by atoms with van der Waals surface area (Å²) in [6.45, 7) is 0.103. The van der Waals surface area contributed by atoms with Gasteiger partial charge in [-0.05, 0) is 24.3 Å². The molecule has 6 heteroatoms. The number of halogens is 3. The molecule has 2 nitrogen and oxygen atoms in total. The molecule has 0 unspecified atom stereocenters. The number of hydrogen-bond donors (Lipinski definition) is 0. The van der Waals surface area contributed by atoms with Crippen LogP contribution in [0.4, 0.5) is 8.78 Å². The van der Waals surface area contributed by atoms with Gasteiger partial charge in [0.15, 0.2) is 11.6 Å². The van der Waals surface area contributed by atoms with E-state index in [0.29, 0.717) is 9.48 Å². The van der Waals surface area contributed by atoms with Crippen molar-refractivity contribution in [3.05, 3.63) is 57.5 Å². The number of aromatic nitrogens is 1. The van der Waals surface area contributed by atoms with E-state index in [9.17, 15) is 8.78 Å². The monoisotopic (exact) mass is 355 g/mol. The lowest BCUT2D eigenvalue weighted by Gasteiger charge is -2.06. The van der Waals surface area contributed by atoms with Gasteiger partial charge in [-0.3, -0.25) is 0 Å². The largest absolute Gasteiger partial charge is 0.483 e. The normalized spacial score (nSPS) is 10.9. The highest BCUT2D eigenvalue weighted by Gasteiger charge is 2.12. The van der Waals surface area contributed by atoms with Gasteiger partial charge in [0.05, 0.1) is 10.2 Å². The average Bonchev–Trinajstić information content (AvgIpc) is 2.84. The Morgan fingerprint density at radius 3 is 2.80 bits per heavy atom. The number of hydrogen-bond acceptors (Lipinski definition) is 3. The molecule has 2 aromatic carbocycles. The van der Waals surface area contributed by atoms with E-state index in [-0.39, 0.29) is 12.4 Å². The van der Waals surface area contributed by atoms with E-state index in [1.54, 1.807) is 0 Å². The number of thiazole rings is 1. The van der Waals surface area contributed by atoms with Crippen LogP contribution in [0.15, 0.2) is 40.9 Å². The number of fused-ring (bicyclic) bond motifs is 1. The van der Waals surface area contributed by atoms with Crippen LogP contribution in [0.1, 0.15) is 5.01 Å². The van der Waals surface area contributed by atoms with Gasteiger partial charge in [0.25, 0.3) is 0 Å². The lowest BCUT2D eigenvalue weighted by Crippen LogP contribution is -1.98. The van der Waals surface area contributed by atoms with Gasteiger partial charge >= 0.3 is 0 Å². The van der Waals surface area contributed by atoms with Crippen molar-refractivity contribution >= 4 is 37.5 Å². The SMILES string of the molecule is Fc1cc(Br)cc(OCc2nc3ccccc3s2)c1F. The van der Waals surface area contributed by atoms with E-state index in [1.807, 2.05) is 24.3 Å². The zero-order valence-electron chi connectivity index (χ0n) is 10.1. The molecule has 0 bridgehead atoms. The summed E-state index contributed by atoms with van der Waals surface area (Å²) in [5, 5.41) is 0.714. The number of para-hydroxylation sites is 1. The Bertz CT molecular complexity index is 742. The fourth-order valence-electron chi connectivity index (χ4n) is 1.76. The summed E-state index contributed by atoms with van der Waals surface area (Å²) in [5.41, 5.74) is 0.872. The summed E-state index contributed by atoms with van der Waals surface area (Å²) in [6.07, 6.45) is 0. The van der Waals surface area contributed by atoms with Gasteiger partial charge in [-0.25, -0.2) is 9.37 Å². The van der Waals surface area contributed by atoms with Crippen LogP contribution in [0.2, 0.25) is 0 Å². The van der Waals surface area contributed by atoms with E-state index < -0.39 is 11.6 Å². The van der Waals surface area contributed by atoms with Crippen LogP contribution in [0.3, 0.4) is 0 Å². The first-order valence-corrected chi connectivity index (χ1v) is 7.36. The lowest BCUT2D eigenvalue weighted by atomic mass is 10.3. The van der Waals surface area contributed by atoms with E-state index in [0.717, 1.165) is 16.3 Å². The highest BCUT2D eigenvalue weighted by molar-refractivity contribution is 9.10. The third-order valence-electron chi connectivity index (χ3n) is 2.65. The Hall–Kier alpha value is -1.53. The molecule has 1 heterocycles. The van der Waals surface area contributed by atoms with Crippen molar-refractivity contribution in [1.82, 2.24) is 4.98 Å². The molecular weight excluding hydrogens is 348 g/mol. The van der Waals surface area contributed by atoms with Crippen LogP contribution in [-0.2, 0) is 6.61 Å². The maximum Gasteiger partial charge on any atom is 0.200 e. The minimum atomic E-state index is -0.991. The molecule has 0 atom stereocenters. The summed E-state index contributed by atoms with van der Waals surface area (Å²) in [5.74, 6) is -2.07. The van der Waals surface area contributed by atoms with Gasteiger partial charge in [-0.2, -0.15) is 4.39 Å². The van der Waals surface area contributed by atoms with Crippen molar-refractivity contribution < 1.29 is 13.5 Å². The molecule has 3 aromatic rings. The molecule has 3 rings (SSSR count). The van der Waals surface area contributed by atoms with Crippen molar-refractivity contribution in [2.45, 2.75) is 6.61 Å². The Labute approximate surface area is 126 Å². The quantitative estimate of drug-likeness (QED) is 0.622. The van der Waals surface area contributed by atoms with E-state index in [2.05, 4.69) is 20.9 Å². The van der Waals surface area contributed by atoms with E-state index >= 15 is 0 Å². The summed E-state index contributed by atoms with van der Waals surface area (Å²) in [4.78, 5) is 4.37. The van der Waals surface area contributed by atoms with E-state index in [1.165, 1.54) is 17.4 Å². The molecule has 0 radical (unpaired) electrons. The molecule has 1 aromatic heterocycles. The molecule has 0 spiro atoms. The molecule has 20 heavy (non-hydrogen) atoms. The van der Waals surface area contributed by atoms with Crippen molar-refractivity contribution in [1.29, 1.82) is 0 Å². The second-order valence-corrected chi connectivity index (χ2v) is 6.09. The Kier molecular flexibility index (Phi) is 3.67. The van der Waals surface area contributed by atoms with Crippen molar-refractivity contribution in [3.63, 3.8) is 0 Å². The summed E-state index contributed by atoms with van der Waals surface area (Å²) in [6, 6.07) is 10.1. The molecule has 0 saturated carbocycles. The highest BCUT2D eigenvalue weighted by atomic mass is 79.9. The molecule has 0 aliphatic heterocycles. The molecule has 0 fully saturated rings. The van der Waals surface area contributed by atoms with Crippen LogP contribution in [0, 0.1) is 11.6 Å². The van der Waals surface area contributed by atoms with Crippen LogP contribution >= 0.6 is 27.3 Å². The molecule has 0 saturated heterocycles. The number of rotatable bonds is 3. The summed E-state index contributed by atoms with van der Waals surface area (Å²) >= 11 is 4.57. The highest BCUT2D eigenvalue weighted by Crippen LogP contribution is 2.27. The topological polar surface area (TPSA) is 22.1 Å². The van der Waals surface area contributed by atoms with Gasteiger partial charge in [0.2, 0.25) is 5.82 Å². The molecule has 0 aliphatic carbocycles. The minimum Gasteiger partial charge on any atom is -0.483 e. The second kappa shape index (κ2) is 5.46. The number of benzene rings is 2. The Morgan fingerprint density at radius 1 is 1.20 bits per heavy atom. The van der Waals surface area contributed by atoms with Crippen LogP contribution < -0.4 is 4.74 Å². The zero-order valence-corrected chi connectivity index (χ0v) is 12.5. The fourth-order valence-corrected chi connectivity index (χ4v) is 3.05. The molecule has 102 valence electrons. The second-order valence-electron chi connectivity index (χ2n) is 4.06. The molecular formula is C14H8BrF2NOS. The summed E-state index contributed by atoms with van der Waals surface area (Å²) in [7, 11) is 0. The van der Waals surface area contributed by atoms with Gasteiger partial charge in [0.1, 0.15) is 11.6 Å². The predicted molar refractivity (Wildman–Crippen MR) is 78.0 cm³/mol. The third-order valence-corrected chi connectivity index (χ3v) is 4.12. The Balaban J connectivity index is 1.82. The minimum absolute atomic E-state index is 0.103. The first-order chi connectivity index (χ1) is 9.63. The van der Waals surface area contributed by atoms with Gasteiger partial charge in [-0.15, -0.1) is 11.3 Å². The first kappa shape index (κ1) is 13.5. The van der Waals surface area contributed by atoms with Crippen LogP contribution in [-0.4, -0.2) is 4.98 Å². The lowest BCUT2D eigenvalue weighted by molar-refractivity contribution is 0.284. The third kappa shape index (κ3) is 2.66. The Morgan fingerprint density at radius 2 is 2.00 bits per heavy atom. The zero-order chi connectivity index (χ0) is 14.1. The average molecular weight is 356 g/mol. The predicted octanol–water partition coefficient (Wildman–Crippen LogP) is 4.92. The molecule has 0 amide bonds. The van der Waals surface area contributed by atoms with Gasteiger partial charge in [0, 0.05) is 4.47 Å². The number of ether oxygens (including phenoxy) is 1. The van der Waals surface area contributed by atoms with Gasteiger partial charge < -0.3 is 4.74 Å². The van der Waals surface area contributed by atoms with Crippen molar-refractivity contribution in [2.24, 2.45) is 0 Å². The first-order valence-electron chi connectivity index (χ1n) is 5.75. The standard InChI is InChI=1S/C14H8BrF2NOS/c15-8-5-9(16)14(17)11(6-8)19-7-13-18-10-3-1-2-4-12(10)20-13/h1-6H,7H2. The van der Waals surface area contributed by atoms with Gasteiger partial charge in [-0.1, -0.05) is 28.1 Å². The fraction of sp³-hybridized carbons (Fsp3) is 0.0714. The maximum absolute atomic E-state index is 13.6. The molecule has 0 aliphatic rings. The van der Waals surface area contributed by atoms with Crippen molar-refractivity contribution in [2.75, 3.05) is 0 Å². The van der Waals surface area contributed by atoms with Crippen LogP contribution in [0.25, 0.3) is 10.2 Å². The van der Waals surface area contributed by atoms with Crippen molar-refractivity contribution in [3.8, 4) is 5.75 Å². The smallest absolute Gasteiger partial charge is 0.200 e.